The fourth-order valence-corrected chi connectivity index (χ4v) is 2.96. The molecule has 0 radical (unpaired) electrons. The van der Waals surface area contributed by atoms with Gasteiger partial charge in [-0.25, -0.2) is 0 Å². The summed E-state index contributed by atoms with van der Waals surface area (Å²) in [4.78, 5) is 24.0. The molecule has 0 spiro atoms. The van der Waals surface area contributed by atoms with Gasteiger partial charge in [-0.05, 0) is 35.4 Å². The highest BCUT2D eigenvalue weighted by Gasteiger charge is 2.08. The lowest BCUT2D eigenvalue weighted by Gasteiger charge is -2.09. The van der Waals surface area contributed by atoms with E-state index in [0.717, 1.165) is 16.8 Å². The topological polar surface area (TPSA) is 75.3 Å². The molecule has 0 saturated carbocycles. The number of benzene rings is 2. The van der Waals surface area contributed by atoms with Crippen molar-refractivity contribution in [1.82, 2.24) is 5.32 Å². The van der Waals surface area contributed by atoms with Crippen LogP contribution in [0.5, 0.6) is 0 Å². The first kappa shape index (κ1) is 19.8. The van der Waals surface area contributed by atoms with Gasteiger partial charge in [-0.3, -0.25) is 13.8 Å². The van der Waals surface area contributed by atoms with Crippen LogP contribution >= 0.6 is 0 Å². The van der Waals surface area contributed by atoms with Gasteiger partial charge in [-0.1, -0.05) is 38.1 Å². The molecule has 0 heterocycles. The zero-order valence-electron chi connectivity index (χ0n) is 15.2. The molecule has 0 aliphatic heterocycles. The smallest absolute Gasteiger partial charge is 0.251 e. The highest BCUT2D eigenvalue weighted by atomic mass is 32.2. The summed E-state index contributed by atoms with van der Waals surface area (Å²) >= 11 is 0. The van der Waals surface area contributed by atoms with Crippen molar-refractivity contribution in [3.05, 3.63) is 65.2 Å². The van der Waals surface area contributed by atoms with Gasteiger partial charge in [-0.2, -0.15) is 0 Å². The Morgan fingerprint density at radius 2 is 1.73 bits per heavy atom. The van der Waals surface area contributed by atoms with Crippen LogP contribution in [0, 0.1) is 5.92 Å². The van der Waals surface area contributed by atoms with Crippen LogP contribution in [-0.4, -0.2) is 22.3 Å². The van der Waals surface area contributed by atoms with E-state index in [-0.39, 0.29) is 17.7 Å². The third kappa shape index (κ3) is 6.11. The van der Waals surface area contributed by atoms with E-state index in [2.05, 4.69) is 10.6 Å². The summed E-state index contributed by atoms with van der Waals surface area (Å²) in [5.74, 6) is 0.157. The molecule has 0 aromatic heterocycles. The van der Waals surface area contributed by atoms with Gasteiger partial charge < -0.3 is 10.6 Å². The Kier molecular flexibility index (Phi) is 7.09. The van der Waals surface area contributed by atoms with Crippen LogP contribution in [0.1, 0.15) is 35.3 Å². The predicted octanol–water partition coefficient (Wildman–Crippen LogP) is 3.09. The van der Waals surface area contributed by atoms with E-state index in [1.54, 1.807) is 24.5 Å². The molecule has 2 amide bonds. The lowest BCUT2D eigenvalue weighted by Crippen LogP contribution is -2.23. The first-order valence-electron chi connectivity index (χ1n) is 8.42. The molecule has 26 heavy (non-hydrogen) atoms. The minimum atomic E-state index is -0.943. The minimum absolute atomic E-state index is 0.0288. The third-order valence-corrected chi connectivity index (χ3v) is 4.50. The number of carbonyl (C=O) groups is 2. The maximum atomic E-state index is 12.3. The van der Waals surface area contributed by atoms with Crippen LogP contribution in [-0.2, 0) is 27.9 Å². The van der Waals surface area contributed by atoms with Gasteiger partial charge in [0, 0.05) is 46.5 Å². The second-order valence-corrected chi connectivity index (χ2v) is 7.88. The summed E-state index contributed by atoms with van der Waals surface area (Å²) in [7, 11) is -0.943. The monoisotopic (exact) mass is 372 g/mol. The molecular formula is C20H24N2O3S. The summed E-state index contributed by atoms with van der Waals surface area (Å²) in [5.41, 5.74) is 3.10. The highest BCUT2D eigenvalue weighted by Crippen LogP contribution is 2.12. The standard InChI is InChI=1S/C20H24N2O3S/c1-14(2)19(23)22-18-9-7-15(8-10-18)12-21-20(24)17-6-4-5-16(11-17)13-26(3)25/h4-11,14H,12-13H2,1-3H3,(H,21,24)(H,22,23)/t26-/m0/s1. The summed E-state index contributed by atoms with van der Waals surface area (Å²) in [6.45, 7) is 4.07. The average molecular weight is 372 g/mol. The van der Waals surface area contributed by atoms with Gasteiger partial charge in [0.05, 0.1) is 0 Å². The van der Waals surface area contributed by atoms with E-state index < -0.39 is 10.8 Å². The molecule has 1 atom stereocenters. The predicted molar refractivity (Wildman–Crippen MR) is 105 cm³/mol. The fourth-order valence-electron chi connectivity index (χ4n) is 2.31. The summed E-state index contributed by atoms with van der Waals surface area (Å²) in [5, 5.41) is 5.70. The molecule has 5 nitrogen and oxygen atoms in total. The number of rotatable bonds is 7. The first-order valence-corrected chi connectivity index (χ1v) is 10.1. The van der Waals surface area contributed by atoms with Gasteiger partial charge in [0.15, 0.2) is 0 Å². The van der Waals surface area contributed by atoms with E-state index >= 15 is 0 Å². The number of hydrogen-bond donors (Lipinski definition) is 2. The van der Waals surface area contributed by atoms with Gasteiger partial charge in [0.1, 0.15) is 0 Å². The molecular weight excluding hydrogens is 348 g/mol. The minimum Gasteiger partial charge on any atom is -0.348 e. The van der Waals surface area contributed by atoms with Crippen LogP contribution in [0.15, 0.2) is 48.5 Å². The quantitative estimate of drug-likeness (QED) is 0.784. The van der Waals surface area contributed by atoms with E-state index in [1.165, 1.54) is 0 Å². The number of carbonyl (C=O) groups excluding carboxylic acids is 2. The number of nitrogens with one attached hydrogen (secondary N) is 2. The summed E-state index contributed by atoms with van der Waals surface area (Å²) in [6, 6.07) is 14.5. The molecule has 0 fully saturated rings. The SMILES string of the molecule is CC(C)C(=O)Nc1ccc(CNC(=O)c2cccc(C[S@](C)=O)c2)cc1. The van der Waals surface area contributed by atoms with E-state index in [1.807, 2.05) is 44.2 Å². The van der Waals surface area contributed by atoms with Crippen molar-refractivity contribution in [1.29, 1.82) is 0 Å². The van der Waals surface area contributed by atoms with Crippen molar-refractivity contribution < 1.29 is 13.8 Å². The second-order valence-electron chi connectivity index (χ2n) is 6.44. The number of amides is 2. The molecule has 2 rings (SSSR count). The lowest BCUT2D eigenvalue weighted by molar-refractivity contribution is -0.118. The Hall–Kier alpha value is -2.47. The molecule has 0 unspecified atom stereocenters. The van der Waals surface area contributed by atoms with Crippen molar-refractivity contribution >= 4 is 28.3 Å². The van der Waals surface area contributed by atoms with Crippen molar-refractivity contribution in [2.75, 3.05) is 11.6 Å². The maximum Gasteiger partial charge on any atom is 0.251 e. The molecule has 138 valence electrons. The first-order chi connectivity index (χ1) is 12.3. The molecule has 0 aliphatic carbocycles. The van der Waals surface area contributed by atoms with Gasteiger partial charge in [0.2, 0.25) is 5.91 Å². The van der Waals surface area contributed by atoms with E-state index in [9.17, 15) is 13.8 Å². The van der Waals surface area contributed by atoms with Crippen molar-refractivity contribution in [3.8, 4) is 0 Å². The van der Waals surface area contributed by atoms with Gasteiger partial charge in [-0.15, -0.1) is 0 Å². The molecule has 0 saturated heterocycles. The average Bonchev–Trinajstić information content (AvgIpc) is 2.60. The Labute approximate surface area is 156 Å². The molecule has 0 bridgehead atoms. The lowest BCUT2D eigenvalue weighted by atomic mass is 10.1. The third-order valence-electron chi connectivity index (χ3n) is 3.76. The second kappa shape index (κ2) is 9.29. The Morgan fingerprint density at radius 3 is 2.35 bits per heavy atom. The van der Waals surface area contributed by atoms with Crippen LogP contribution in [0.4, 0.5) is 5.69 Å². The highest BCUT2D eigenvalue weighted by molar-refractivity contribution is 7.83. The fraction of sp³-hybridized carbons (Fsp3) is 0.300. The summed E-state index contributed by atoms with van der Waals surface area (Å²) < 4.78 is 11.3. The van der Waals surface area contributed by atoms with Crippen LogP contribution < -0.4 is 10.6 Å². The molecule has 2 N–H and O–H groups in total. The van der Waals surface area contributed by atoms with Crippen molar-refractivity contribution in [2.45, 2.75) is 26.1 Å². The molecule has 0 aliphatic rings. The maximum absolute atomic E-state index is 12.3. The Morgan fingerprint density at radius 1 is 1.04 bits per heavy atom. The normalized spacial score (nSPS) is 11.8. The van der Waals surface area contributed by atoms with Crippen molar-refractivity contribution in [2.24, 2.45) is 5.92 Å². The van der Waals surface area contributed by atoms with E-state index in [0.29, 0.717) is 17.9 Å². The molecule has 2 aromatic carbocycles. The van der Waals surface area contributed by atoms with Crippen LogP contribution in [0.2, 0.25) is 0 Å². The zero-order chi connectivity index (χ0) is 19.1. The van der Waals surface area contributed by atoms with Crippen LogP contribution in [0.3, 0.4) is 0 Å². The van der Waals surface area contributed by atoms with Crippen molar-refractivity contribution in [3.63, 3.8) is 0 Å². The summed E-state index contributed by atoms with van der Waals surface area (Å²) in [6.07, 6.45) is 1.64. The van der Waals surface area contributed by atoms with Crippen LogP contribution in [0.25, 0.3) is 0 Å². The van der Waals surface area contributed by atoms with Gasteiger partial charge in [0.25, 0.3) is 5.91 Å². The van der Waals surface area contributed by atoms with E-state index in [4.69, 9.17) is 0 Å². The largest absolute Gasteiger partial charge is 0.348 e. The van der Waals surface area contributed by atoms with Gasteiger partial charge >= 0.3 is 0 Å². The Balaban J connectivity index is 1.93. The number of hydrogen-bond acceptors (Lipinski definition) is 3. The number of anilines is 1. The Bertz CT molecular complexity index is 801. The molecule has 2 aromatic rings. The molecule has 6 heteroatoms. The zero-order valence-corrected chi connectivity index (χ0v) is 16.1.